The molecule has 1 heterocycles. The normalized spacial score (nSPS) is 23.8. The molecular formula is C16H14F4N2O2. The number of carbonyl (C=O) groups is 1. The van der Waals surface area contributed by atoms with Crippen molar-refractivity contribution in [3.05, 3.63) is 45.7 Å². The number of fused-ring (bicyclic) bond motifs is 1. The summed E-state index contributed by atoms with van der Waals surface area (Å²) in [6, 6.07) is 4.16. The Morgan fingerprint density at radius 2 is 2.00 bits per heavy atom. The molecular weight excluding hydrogens is 328 g/mol. The second-order valence-corrected chi connectivity index (χ2v) is 6.27. The molecule has 0 unspecified atom stereocenters. The number of aromatic amines is 1. The predicted molar refractivity (Wildman–Crippen MR) is 79.6 cm³/mol. The number of amides is 1. The first-order valence-corrected chi connectivity index (χ1v) is 7.30. The zero-order chi connectivity index (χ0) is 17.7. The number of hydrogen-bond acceptors (Lipinski definition) is 2. The Hall–Kier alpha value is -2.38. The van der Waals surface area contributed by atoms with E-state index in [1.807, 2.05) is 0 Å². The van der Waals surface area contributed by atoms with Crippen LogP contribution < -0.4 is 10.9 Å². The molecule has 1 aliphatic carbocycles. The van der Waals surface area contributed by atoms with Crippen molar-refractivity contribution in [1.29, 1.82) is 0 Å². The van der Waals surface area contributed by atoms with Crippen LogP contribution in [-0.2, 0) is 6.18 Å². The van der Waals surface area contributed by atoms with Gasteiger partial charge in [0.25, 0.3) is 11.5 Å². The van der Waals surface area contributed by atoms with Crippen LogP contribution in [0.25, 0.3) is 10.9 Å². The lowest BCUT2D eigenvalue weighted by molar-refractivity contribution is -0.136. The molecule has 24 heavy (non-hydrogen) atoms. The maximum absolute atomic E-state index is 13.4. The van der Waals surface area contributed by atoms with Crippen LogP contribution in [0.15, 0.2) is 29.1 Å². The number of carbonyl (C=O) groups excluding carboxylic acids is 1. The first kappa shape index (κ1) is 16.5. The van der Waals surface area contributed by atoms with Gasteiger partial charge in [-0.05, 0) is 24.4 Å². The van der Waals surface area contributed by atoms with Crippen LogP contribution in [0, 0.1) is 0 Å². The monoisotopic (exact) mass is 342 g/mol. The van der Waals surface area contributed by atoms with Gasteiger partial charge in [0.2, 0.25) is 0 Å². The Morgan fingerprint density at radius 3 is 2.58 bits per heavy atom. The zero-order valence-electron chi connectivity index (χ0n) is 12.6. The lowest BCUT2D eigenvalue weighted by Crippen LogP contribution is -2.51. The highest BCUT2D eigenvalue weighted by atomic mass is 19.4. The van der Waals surface area contributed by atoms with E-state index in [9.17, 15) is 27.2 Å². The van der Waals surface area contributed by atoms with Gasteiger partial charge >= 0.3 is 6.18 Å². The maximum atomic E-state index is 13.4. The molecule has 0 saturated heterocycles. The molecule has 0 aliphatic heterocycles. The van der Waals surface area contributed by atoms with Crippen LogP contribution >= 0.6 is 0 Å². The van der Waals surface area contributed by atoms with E-state index in [-0.39, 0.29) is 35.3 Å². The minimum absolute atomic E-state index is 0.0958. The Bertz CT molecular complexity index is 862. The molecule has 4 nitrogen and oxygen atoms in total. The topological polar surface area (TPSA) is 62.0 Å². The highest BCUT2D eigenvalue weighted by Gasteiger charge is 2.41. The van der Waals surface area contributed by atoms with E-state index in [4.69, 9.17) is 0 Å². The summed E-state index contributed by atoms with van der Waals surface area (Å²) < 4.78 is 52.3. The molecule has 0 atom stereocenters. The molecule has 1 amide bonds. The number of para-hydroxylation sites is 1. The number of benzene rings is 1. The molecule has 1 fully saturated rings. The van der Waals surface area contributed by atoms with Gasteiger partial charge in [-0.1, -0.05) is 12.1 Å². The summed E-state index contributed by atoms with van der Waals surface area (Å²) in [7, 11) is 0. The molecule has 128 valence electrons. The summed E-state index contributed by atoms with van der Waals surface area (Å²) in [6.07, 6.45) is -4.34. The number of pyridine rings is 1. The third-order valence-corrected chi connectivity index (χ3v) is 4.11. The van der Waals surface area contributed by atoms with Crippen LogP contribution in [-0.4, -0.2) is 22.6 Å². The van der Waals surface area contributed by atoms with Gasteiger partial charge in [-0.3, -0.25) is 9.59 Å². The van der Waals surface area contributed by atoms with E-state index in [0.29, 0.717) is 0 Å². The minimum atomic E-state index is -4.62. The minimum Gasteiger partial charge on any atom is -0.349 e. The number of H-pyrrole nitrogens is 1. The second kappa shape index (κ2) is 5.32. The summed E-state index contributed by atoms with van der Waals surface area (Å²) >= 11 is 0. The number of hydrogen-bond donors (Lipinski definition) is 2. The highest BCUT2D eigenvalue weighted by molar-refractivity contribution is 5.97. The average molecular weight is 342 g/mol. The summed E-state index contributed by atoms with van der Waals surface area (Å²) in [4.78, 5) is 26.3. The van der Waals surface area contributed by atoms with Crippen molar-refractivity contribution < 1.29 is 22.4 Å². The summed E-state index contributed by atoms with van der Waals surface area (Å²) in [5.41, 5.74) is -3.90. The third-order valence-electron chi connectivity index (χ3n) is 4.11. The van der Waals surface area contributed by atoms with Gasteiger partial charge in [0, 0.05) is 18.9 Å². The van der Waals surface area contributed by atoms with E-state index in [2.05, 4.69) is 10.3 Å². The Kier molecular flexibility index (Phi) is 3.65. The Morgan fingerprint density at radius 1 is 1.33 bits per heavy atom. The number of rotatable bonds is 2. The first-order valence-electron chi connectivity index (χ1n) is 7.30. The van der Waals surface area contributed by atoms with Crippen LogP contribution in [0.3, 0.4) is 0 Å². The smallest absolute Gasteiger partial charge is 0.349 e. The average Bonchev–Trinajstić information content (AvgIpc) is 2.42. The summed E-state index contributed by atoms with van der Waals surface area (Å²) in [5.74, 6) is -0.726. The van der Waals surface area contributed by atoms with Crippen molar-refractivity contribution in [3.8, 4) is 0 Å². The van der Waals surface area contributed by atoms with Gasteiger partial charge in [-0.2, -0.15) is 13.2 Å². The van der Waals surface area contributed by atoms with Crippen LogP contribution in [0.2, 0.25) is 0 Å². The van der Waals surface area contributed by atoms with Gasteiger partial charge in [0.1, 0.15) is 11.2 Å². The predicted octanol–water partition coefficient (Wildman–Crippen LogP) is 3.17. The van der Waals surface area contributed by atoms with Crippen molar-refractivity contribution in [1.82, 2.24) is 10.3 Å². The van der Waals surface area contributed by atoms with Crippen molar-refractivity contribution in [2.75, 3.05) is 0 Å². The van der Waals surface area contributed by atoms with Crippen LogP contribution in [0.5, 0.6) is 0 Å². The molecule has 8 heteroatoms. The van der Waals surface area contributed by atoms with Crippen molar-refractivity contribution in [2.24, 2.45) is 0 Å². The molecule has 3 rings (SSSR count). The number of nitrogens with one attached hydrogen (secondary N) is 2. The molecule has 1 saturated carbocycles. The van der Waals surface area contributed by atoms with Crippen molar-refractivity contribution in [2.45, 2.75) is 37.7 Å². The number of aromatic nitrogens is 1. The first-order chi connectivity index (χ1) is 11.1. The number of halogens is 4. The third kappa shape index (κ3) is 3.00. The van der Waals surface area contributed by atoms with Gasteiger partial charge in [-0.25, -0.2) is 4.39 Å². The SMILES string of the molecule is CC1(F)CC(NC(=O)c2cc3cccc(C(F)(F)F)c3[nH]c2=O)C1. The second-order valence-electron chi connectivity index (χ2n) is 6.27. The quantitative estimate of drug-likeness (QED) is 0.824. The standard InChI is InChI=1S/C16H14F4N2O2/c1-15(17)6-9(7-15)21-13(23)10-5-8-3-2-4-11(16(18,19)20)12(8)22-14(10)24/h2-5,9H,6-7H2,1H3,(H,21,23)(H,22,24). The van der Waals surface area contributed by atoms with E-state index >= 15 is 0 Å². The Labute approximate surface area is 133 Å². The van der Waals surface area contributed by atoms with Crippen molar-refractivity contribution >= 4 is 16.8 Å². The van der Waals surface area contributed by atoms with Gasteiger partial charge < -0.3 is 10.3 Å². The largest absolute Gasteiger partial charge is 0.418 e. The van der Waals surface area contributed by atoms with E-state index in [1.165, 1.54) is 19.1 Å². The number of alkyl halides is 4. The molecule has 1 aliphatic rings. The molecule has 2 aromatic rings. The Balaban J connectivity index is 1.94. The molecule has 1 aromatic heterocycles. The molecule has 2 N–H and O–H groups in total. The summed E-state index contributed by atoms with van der Waals surface area (Å²) in [6.45, 7) is 1.41. The van der Waals surface area contributed by atoms with Gasteiger partial charge in [-0.15, -0.1) is 0 Å². The van der Waals surface area contributed by atoms with Crippen molar-refractivity contribution in [3.63, 3.8) is 0 Å². The fraction of sp³-hybridized carbons (Fsp3) is 0.375. The van der Waals surface area contributed by atoms with Crippen LogP contribution in [0.4, 0.5) is 17.6 Å². The molecule has 0 spiro atoms. The molecule has 1 aromatic carbocycles. The summed E-state index contributed by atoms with van der Waals surface area (Å²) in [5, 5.41) is 2.61. The van der Waals surface area contributed by atoms with Crippen LogP contribution in [0.1, 0.15) is 35.7 Å². The van der Waals surface area contributed by atoms with Gasteiger partial charge in [0.15, 0.2) is 0 Å². The van der Waals surface area contributed by atoms with E-state index < -0.39 is 28.9 Å². The lowest BCUT2D eigenvalue weighted by Gasteiger charge is -2.38. The zero-order valence-corrected chi connectivity index (χ0v) is 12.6. The molecule has 0 bridgehead atoms. The van der Waals surface area contributed by atoms with E-state index in [1.54, 1.807) is 0 Å². The maximum Gasteiger partial charge on any atom is 0.418 e. The molecule has 0 radical (unpaired) electrons. The lowest BCUT2D eigenvalue weighted by atomic mass is 9.79. The van der Waals surface area contributed by atoms with Gasteiger partial charge in [0.05, 0.1) is 11.1 Å². The van der Waals surface area contributed by atoms with E-state index in [0.717, 1.165) is 12.1 Å². The fourth-order valence-electron chi connectivity index (χ4n) is 2.97. The highest BCUT2D eigenvalue weighted by Crippen LogP contribution is 2.36. The fourth-order valence-corrected chi connectivity index (χ4v) is 2.97.